The normalized spacial score (nSPS) is 14.0. The molecule has 37 heavy (non-hydrogen) atoms. The summed E-state index contributed by atoms with van der Waals surface area (Å²) in [4.78, 5) is 40.6. The molecule has 1 fully saturated rings. The molecule has 1 saturated carbocycles. The first-order chi connectivity index (χ1) is 17.9. The number of carbonyl (C=O) groups is 3. The van der Waals surface area contributed by atoms with Gasteiger partial charge in [-0.3, -0.25) is 19.3 Å². The van der Waals surface area contributed by atoms with Gasteiger partial charge in [0.1, 0.15) is 6.04 Å². The molecule has 1 aromatic heterocycles. The van der Waals surface area contributed by atoms with E-state index in [4.69, 9.17) is 13.9 Å². The fraction of sp³-hybridized carbons (Fsp3) is 0.321. The zero-order chi connectivity index (χ0) is 26.4. The first kappa shape index (κ1) is 25.8. The minimum absolute atomic E-state index is 0.0397. The maximum Gasteiger partial charge on any atom is 0.294 e. The molecule has 2 N–H and O–H groups in total. The van der Waals surface area contributed by atoms with Crippen molar-refractivity contribution < 1.29 is 28.3 Å². The van der Waals surface area contributed by atoms with Crippen molar-refractivity contribution in [3.63, 3.8) is 0 Å². The van der Waals surface area contributed by atoms with Crippen LogP contribution in [0.25, 0.3) is 0 Å². The molecule has 3 amide bonds. The molecule has 0 spiro atoms. The third-order valence-corrected chi connectivity index (χ3v) is 6.35. The van der Waals surface area contributed by atoms with Crippen LogP contribution in [0.2, 0.25) is 0 Å². The SMILES string of the molecule is COc1ccc([C@H](C(=O)NC2CCCC2)N(C(=O)c2ccco2)c2ccc(NC(C)=O)cc2)cc1OC. The lowest BCUT2D eigenvalue weighted by atomic mass is 10.0. The summed E-state index contributed by atoms with van der Waals surface area (Å²) in [6.07, 6.45) is 5.29. The number of anilines is 2. The molecular formula is C28H31N3O6. The van der Waals surface area contributed by atoms with Crippen molar-refractivity contribution in [3.05, 3.63) is 72.2 Å². The van der Waals surface area contributed by atoms with Crippen molar-refractivity contribution in [2.45, 2.75) is 44.7 Å². The van der Waals surface area contributed by atoms with Crippen LogP contribution in [-0.2, 0) is 9.59 Å². The van der Waals surface area contributed by atoms with Crippen LogP contribution in [0, 0.1) is 0 Å². The van der Waals surface area contributed by atoms with E-state index in [1.54, 1.807) is 54.6 Å². The molecule has 0 unspecified atom stereocenters. The van der Waals surface area contributed by atoms with Crippen LogP contribution in [0.4, 0.5) is 11.4 Å². The topological polar surface area (TPSA) is 110 Å². The van der Waals surface area contributed by atoms with Gasteiger partial charge in [-0.15, -0.1) is 0 Å². The number of furan rings is 1. The molecule has 1 heterocycles. The number of carbonyl (C=O) groups excluding carboxylic acids is 3. The molecule has 0 radical (unpaired) electrons. The second-order valence-electron chi connectivity index (χ2n) is 8.89. The number of hydrogen-bond acceptors (Lipinski definition) is 6. The third-order valence-electron chi connectivity index (χ3n) is 6.35. The highest BCUT2D eigenvalue weighted by atomic mass is 16.5. The molecule has 0 saturated heterocycles. The van der Waals surface area contributed by atoms with E-state index in [2.05, 4.69) is 10.6 Å². The van der Waals surface area contributed by atoms with E-state index in [9.17, 15) is 14.4 Å². The summed E-state index contributed by atoms with van der Waals surface area (Å²) in [5.41, 5.74) is 1.57. The minimum Gasteiger partial charge on any atom is -0.493 e. The van der Waals surface area contributed by atoms with Crippen molar-refractivity contribution >= 4 is 29.1 Å². The molecule has 9 heteroatoms. The Morgan fingerprint density at radius 1 is 0.973 bits per heavy atom. The van der Waals surface area contributed by atoms with Gasteiger partial charge in [0, 0.05) is 24.3 Å². The van der Waals surface area contributed by atoms with Crippen molar-refractivity contribution in [1.29, 1.82) is 0 Å². The summed E-state index contributed by atoms with van der Waals surface area (Å²) in [6, 6.07) is 14.1. The Morgan fingerprint density at radius 2 is 1.68 bits per heavy atom. The van der Waals surface area contributed by atoms with Crippen molar-refractivity contribution in [3.8, 4) is 11.5 Å². The minimum atomic E-state index is -1.04. The van der Waals surface area contributed by atoms with E-state index in [0.717, 1.165) is 25.7 Å². The number of nitrogens with zero attached hydrogens (tertiary/aromatic N) is 1. The number of nitrogens with one attached hydrogen (secondary N) is 2. The first-order valence-electron chi connectivity index (χ1n) is 12.2. The Morgan fingerprint density at radius 3 is 2.27 bits per heavy atom. The highest BCUT2D eigenvalue weighted by Gasteiger charge is 2.36. The second kappa shape index (κ2) is 11.6. The molecule has 3 aromatic rings. The van der Waals surface area contributed by atoms with Crippen LogP contribution in [0.5, 0.6) is 11.5 Å². The van der Waals surface area contributed by atoms with E-state index >= 15 is 0 Å². The van der Waals surface area contributed by atoms with E-state index in [-0.39, 0.29) is 23.6 Å². The maximum absolute atomic E-state index is 13.9. The van der Waals surface area contributed by atoms with Crippen LogP contribution < -0.4 is 25.0 Å². The smallest absolute Gasteiger partial charge is 0.294 e. The number of amides is 3. The zero-order valence-corrected chi connectivity index (χ0v) is 21.2. The molecule has 9 nitrogen and oxygen atoms in total. The Kier molecular flexibility index (Phi) is 8.12. The third kappa shape index (κ3) is 5.94. The molecule has 2 aromatic carbocycles. The quantitative estimate of drug-likeness (QED) is 0.436. The van der Waals surface area contributed by atoms with Gasteiger partial charge < -0.3 is 24.5 Å². The predicted octanol–water partition coefficient (Wildman–Crippen LogP) is 4.70. The number of methoxy groups -OCH3 is 2. The first-order valence-corrected chi connectivity index (χ1v) is 12.2. The Bertz CT molecular complexity index is 1230. The molecule has 1 atom stereocenters. The fourth-order valence-electron chi connectivity index (χ4n) is 4.60. The van der Waals surface area contributed by atoms with Crippen molar-refractivity contribution in [1.82, 2.24) is 5.32 Å². The number of benzene rings is 2. The summed E-state index contributed by atoms with van der Waals surface area (Å²) in [6.45, 7) is 1.42. The molecular weight excluding hydrogens is 474 g/mol. The van der Waals surface area contributed by atoms with Gasteiger partial charge in [0.15, 0.2) is 17.3 Å². The van der Waals surface area contributed by atoms with Crippen molar-refractivity contribution in [2.24, 2.45) is 0 Å². The summed E-state index contributed by atoms with van der Waals surface area (Å²) in [5, 5.41) is 5.86. The summed E-state index contributed by atoms with van der Waals surface area (Å²) in [5.74, 6) is 0.0129. The van der Waals surface area contributed by atoms with Gasteiger partial charge in [-0.05, 0) is 66.9 Å². The van der Waals surface area contributed by atoms with Crippen LogP contribution in [0.1, 0.15) is 54.8 Å². The van der Waals surface area contributed by atoms with Crippen LogP contribution in [0.3, 0.4) is 0 Å². The highest BCUT2D eigenvalue weighted by Crippen LogP contribution is 2.36. The van der Waals surface area contributed by atoms with E-state index in [1.807, 2.05) is 0 Å². The van der Waals surface area contributed by atoms with Gasteiger partial charge in [0.2, 0.25) is 11.8 Å². The Hall–Kier alpha value is -4.27. The monoisotopic (exact) mass is 505 g/mol. The van der Waals surface area contributed by atoms with E-state index in [1.165, 1.54) is 32.3 Å². The van der Waals surface area contributed by atoms with Crippen LogP contribution in [-0.4, -0.2) is 38.0 Å². The number of ether oxygens (including phenoxy) is 2. The van der Waals surface area contributed by atoms with Gasteiger partial charge in [0.05, 0.1) is 20.5 Å². The number of hydrogen-bond donors (Lipinski definition) is 2. The van der Waals surface area contributed by atoms with Gasteiger partial charge in [0.25, 0.3) is 5.91 Å². The summed E-state index contributed by atoms with van der Waals surface area (Å²) >= 11 is 0. The van der Waals surface area contributed by atoms with Crippen LogP contribution >= 0.6 is 0 Å². The molecule has 194 valence electrons. The largest absolute Gasteiger partial charge is 0.493 e. The summed E-state index contributed by atoms with van der Waals surface area (Å²) < 4.78 is 16.3. The van der Waals surface area contributed by atoms with E-state index < -0.39 is 11.9 Å². The molecule has 4 rings (SSSR count). The average Bonchev–Trinajstić information content (AvgIpc) is 3.61. The Balaban J connectivity index is 1.83. The Labute approximate surface area is 215 Å². The van der Waals surface area contributed by atoms with Gasteiger partial charge >= 0.3 is 0 Å². The average molecular weight is 506 g/mol. The molecule has 0 bridgehead atoms. The lowest BCUT2D eigenvalue weighted by Crippen LogP contribution is -2.46. The van der Waals surface area contributed by atoms with E-state index in [0.29, 0.717) is 28.4 Å². The van der Waals surface area contributed by atoms with Gasteiger partial charge in [-0.25, -0.2) is 0 Å². The summed E-state index contributed by atoms with van der Waals surface area (Å²) in [7, 11) is 3.05. The standard InChI is InChI=1S/C28H31N3O6/c1-18(32)29-21-11-13-22(14-12-21)31(28(34)24-9-6-16-37-24)26(27(33)30-20-7-4-5-8-20)19-10-15-23(35-2)25(17-19)36-3/h6,9-17,20,26H,4-5,7-8H2,1-3H3,(H,29,32)(H,30,33)/t26-/m1/s1. The fourth-order valence-corrected chi connectivity index (χ4v) is 4.60. The second-order valence-corrected chi connectivity index (χ2v) is 8.89. The maximum atomic E-state index is 13.9. The predicted molar refractivity (Wildman–Crippen MR) is 139 cm³/mol. The zero-order valence-electron chi connectivity index (χ0n) is 21.2. The molecule has 1 aliphatic carbocycles. The highest BCUT2D eigenvalue weighted by molar-refractivity contribution is 6.09. The lowest BCUT2D eigenvalue weighted by molar-refractivity contribution is -0.123. The lowest BCUT2D eigenvalue weighted by Gasteiger charge is -2.32. The number of rotatable bonds is 9. The van der Waals surface area contributed by atoms with Gasteiger partial charge in [-0.2, -0.15) is 0 Å². The van der Waals surface area contributed by atoms with Gasteiger partial charge in [-0.1, -0.05) is 18.9 Å². The van der Waals surface area contributed by atoms with Crippen LogP contribution in [0.15, 0.2) is 65.3 Å². The molecule has 0 aliphatic heterocycles. The van der Waals surface area contributed by atoms with Crippen molar-refractivity contribution in [2.75, 3.05) is 24.4 Å². The molecule has 1 aliphatic rings.